The van der Waals surface area contributed by atoms with E-state index in [0.29, 0.717) is 5.92 Å². The minimum Gasteiger partial charge on any atom is -0.317 e. The number of nitrogens with one attached hydrogen (secondary N) is 1. The quantitative estimate of drug-likeness (QED) is 0.862. The third kappa shape index (κ3) is 2.87. The summed E-state index contributed by atoms with van der Waals surface area (Å²) < 4.78 is 0. The van der Waals surface area contributed by atoms with E-state index in [1.165, 1.54) is 18.4 Å². The monoisotopic (exact) mass is 228 g/mol. The topological polar surface area (TPSA) is 35.8 Å². The number of hydrogen-bond acceptors (Lipinski definition) is 2. The van der Waals surface area contributed by atoms with Gasteiger partial charge in [-0.25, -0.2) is 0 Å². The Bertz CT molecular complexity index is 382. The van der Waals surface area contributed by atoms with Crippen molar-refractivity contribution < 1.29 is 0 Å². The molecule has 0 spiro atoms. The molecular formula is C15H20N2. The molecule has 1 aliphatic rings. The minimum absolute atomic E-state index is 0.0528. The molecule has 0 aliphatic carbocycles. The maximum absolute atomic E-state index is 9.04. The van der Waals surface area contributed by atoms with Crippen LogP contribution in [0.2, 0.25) is 0 Å². The van der Waals surface area contributed by atoms with E-state index >= 15 is 0 Å². The standard InChI is InChI=1S/C15H20N2/c1-2-12(11-16)13-3-5-14(6-4-13)15-7-9-17-10-8-15/h3-6,12,15,17H,2,7-10H2,1H3. The van der Waals surface area contributed by atoms with Crippen LogP contribution in [0.25, 0.3) is 0 Å². The lowest BCUT2D eigenvalue weighted by molar-refractivity contribution is 0.460. The average molecular weight is 228 g/mol. The van der Waals surface area contributed by atoms with Crippen molar-refractivity contribution in [2.45, 2.75) is 38.0 Å². The van der Waals surface area contributed by atoms with Crippen LogP contribution in [0.3, 0.4) is 0 Å². The van der Waals surface area contributed by atoms with E-state index < -0.39 is 0 Å². The summed E-state index contributed by atoms with van der Waals surface area (Å²) >= 11 is 0. The molecule has 1 aromatic carbocycles. The minimum atomic E-state index is 0.0528. The molecule has 2 rings (SSSR count). The third-order valence-electron chi connectivity index (χ3n) is 3.71. The van der Waals surface area contributed by atoms with Crippen LogP contribution in [0.5, 0.6) is 0 Å². The maximum Gasteiger partial charge on any atom is 0.0710 e. The average Bonchev–Trinajstić information content (AvgIpc) is 2.42. The molecule has 0 radical (unpaired) electrons. The fourth-order valence-corrected chi connectivity index (χ4v) is 2.56. The smallest absolute Gasteiger partial charge is 0.0710 e. The van der Waals surface area contributed by atoms with E-state index in [2.05, 4.69) is 42.6 Å². The van der Waals surface area contributed by atoms with Crippen molar-refractivity contribution in [1.82, 2.24) is 5.32 Å². The van der Waals surface area contributed by atoms with E-state index in [0.717, 1.165) is 25.1 Å². The Morgan fingerprint density at radius 3 is 2.47 bits per heavy atom. The number of piperidine rings is 1. The molecule has 0 saturated carbocycles. The Balaban J connectivity index is 2.09. The predicted molar refractivity (Wildman–Crippen MR) is 69.9 cm³/mol. The fraction of sp³-hybridized carbons (Fsp3) is 0.533. The summed E-state index contributed by atoms with van der Waals surface area (Å²) in [7, 11) is 0. The largest absolute Gasteiger partial charge is 0.317 e. The lowest BCUT2D eigenvalue weighted by Gasteiger charge is -2.23. The molecule has 90 valence electrons. The van der Waals surface area contributed by atoms with Gasteiger partial charge < -0.3 is 5.32 Å². The third-order valence-corrected chi connectivity index (χ3v) is 3.71. The first-order valence-corrected chi connectivity index (χ1v) is 6.55. The molecule has 1 saturated heterocycles. The summed E-state index contributed by atoms with van der Waals surface area (Å²) in [6.45, 7) is 4.32. The summed E-state index contributed by atoms with van der Waals surface area (Å²) in [4.78, 5) is 0. The SMILES string of the molecule is CCC(C#N)c1ccc(C2CCNCC2)cc1. The normalized spacial score (nSPS) is 18.6. The van der Waals surface area contributed by atoms with Crippen molar-refractivity contribution >= 4 is 0 Å². The lowest BCUT2D eigenvalue weighted by atomic mass is 9.88. The van der Waals surface area contributed by atoms with Crippen LogP contribution in [0, 0.1) is 11.3 Å². The molecular weight excluding hydrogens is 208 g/mol. The van der Waals surface area contributed by atoms with Gasteiger partial charge in [0.15, 0.2) is 0 Å². The van der Waals surface area contributed by atoms with E-state index in [-0.39, 0.29) is 5.92 Å². The van der Waals surface area contributed by atoms with Gasteiger partial charge in [-0.1, -0.05) is 31.2 Å². The summed E-state index contributed by atoms with van der Waals surface area (Å²) in [6.07, 6.45) is 3.35. The van der Waals surface area contributed by atoms with Gasteiger partial charge in [0.05, 0.1) is 12.0 Å². The fourth-order valence-electron chi connectivity index (χ4n) is 2.56. The van der Waals surface area contributed by atoms with E-state index in [4.69, 9.17) is 5.26 Å². The molecule has 1 unspecified atom stereocenters. The molecule has 17 heavy (non-hydrogen) atoms. The van der Waals surface area contributed by atoms with Crippen molar-refractivity contribution in [3.8, 4) is 6.07 Å². The van der Waals surface area contributed by atoms with Crippen molar-refractivity contribution in [2.75, 3.05) is 13.1 Å². The molecule has 1 atom stereocenters. The predicted octanol–water partition coefficient (Wildman–Crippen LogP) is 3.17. The molecule has 0 aromatic heterocycles. The number of nitrogens with zero attached hydrogens (tertiary/aromatic N) is 1. The first-order valence-electron chi connectivity index (χ1n) is 6.55. The van der Waals surface area contributed by atoms with Crippen molar-refractivity contribution in [3.05, 3.63) is 35.4 Å². The Morgan fingerprint density at radius 1 is 1.29 bits per heavy atom. The lowest BCUT2D eigenvalue weighted by Crippen LogP contribution is -2.26. The van der Waals surface area contributed by atoms with Crippen molar-refractivity contribution in [1.29, 1.82) is 5.26 Å². The van der Waals surface area contributed by atoms with Crippen LogP contribution in [0.4, 0.5) is 0 Å². The van der Waals surface area contributed by atoms with Gasteiger partial charge >= 0.3 is 0 Å². The first-order chi connectivity index (χ1) is 8.35. The number of hydrogen-bond donors (Lipinski definition) is 1. The highest BCUT2D eigenvalue weighted by molar-refractivity contribution is 5.30. The zero-order valence-electron chi connectivity index (χ0n) is 10.4. The maximum atomic E-state index is 9.04. The number of nitriles is 1. The molecule has 2 nitrogen and oxygen atoms in total. The van der Waals surface area contributed by atoms with Crippen molar-refractivity contribution in [3.63, 3.8) is 0 Å². The van der Waals surface area contributed by atoms with Gasteiger partial charge in [0.25, 0.3) is 0 Å². The Hall–Kier alpha value is -1.33. The molecule has 1 fully saturated rings. The van der Waals surface area contributed by atoms with Crippen LogP contribution < -0.4 is 5.32 Å². The molecule has 1 aromatic rings. The molecule has 1 aliphatic heterocycles. The summed E-state index contributed by atoms with van der Waals surface area (Å²) in [6, 6.07) is 11.1. The zero-order chi connectivity index (χ0) is 12.1. The molecule has 1 heterocycles. The Kier molecular flexibility index (Phi) is 4.17. The van der Waals surface area contributed by atoms with E-state index in [1.54, 1.807) is 0 Å². The van der Waals surface area contributed by atoms with Gasteiger partial charge in [-0.15, -0.1) is 0 Å². The first kappa shape index (κ1) is 12.1. The van der Waals surface area contributed by atoms with Gasteiger partial charge in [0.1, 0.15) is 0 Å². The van der Waals surface area contributed by atoms with Crippen LogP contribution >= 0.6 is 0 Å². The Labute approximate surface area is 104 Å². The highest BCUT2D eigenvalue weighted by atomic mass is 14.9. The van der Waals surface area contributed by atoms with Crippen LogP contribution in [0.15, 0.2) is 24.3 Å². The highest BCUT2D eigenvalue weighted by Gasteiger charge is 2.15. The van der Waals surface area contributed by atoms with Crippen molar-refractivity contribution in [2.24, 2.45) is 0 Å². The molecule has 1 N–H and O–H groups in total. The highest BCUT2D eigenvalue weighted by Crippen LogP contribution is 2.27. The van der Waals surface area contributed by atoms with E-state index in [9.17, 15) is 0 Å². The summed E-state index contributed by atoms with van der Waals surface area (Å²) in [5.74, 6) is 0.754. The molecule has 2 heteroatoms. The second-order valence-corrected chi connectivity index (χ2v) is 4.78. The van der Waals surface area contributed by atoms with Gasteiger partial charge in [-0.2, -0.15) is 5.26 Å². The Morgan fingerprint density at radius 2 is 1.94 bits per heavy atom. The summed E-state index contributed by atoms with van der Waals surface area (Å²) in [5.41, 5.74) is 2.59. The number of rotatable bonds is 3. The van der Waals surface area contributed by atoms with E-state index in [1.807, 2.05) is 0 Å². The summed E-state index contributed by atoms with van der Waals surface area (Å²) in [5, 5.41) is 12.4. The second-order valence-electron chi connectivity index (χ2n) is 4.78. The van der Waals surface area contributed by atoms with Gasteiger partial charge in [-0.3, -0.25) is 0 Å². The number of benzene rings is 1. The van der Waals surface area contributed by atoms with Gasteiger partial charge in [0, 0.05) is 0 Å². The van der Waals surface area contributed by atoms with Crippen LogP contribution in [0.1, 0.15) is 49.1 Å². The second kappa shape index (κ2) is 5.84. The molecule has 0 amide bonds. The molecule has 0 bridgehead atoms. The van der Waals surface area contributed by atoms with Gasteiger partial charge in [0.2, 0.25) is 0 Å². The van der Waals surface area contributed by atoms with Gasteiger partial charge in [-0.05, 0) is 49.4 Å². The zero-order valence-corrected chi connectivity index (χ0v) is 10.4. The van der Waals surface area contributed by atoms with Crippen LogP contribution in [-0.2, 0) is 0 Å². The van der Waals surface area contributed by atoms with Crippen LogP contribution in [-0.4, -0.2) is 13.1 Å².